The van der Waals surface area contributed by atoms with Gasteiger partial charge in [0.2, 0.25) is 0 Å². The molecule has 1 unspecified atom stereocenters. The average molecular weight is 296 g/mol. The summed E-state index contributed by atoms with van der Waals surface area (Å²) in [6, 6.07) is 0.150. The summed E-state index contributed by atoms with van der Waals surface area (Å²) in [5.41, 5.74) is 5.45. The maximum Gasteiger partial charge on any atom is 0.330 e. The molecule has 0 aromatic carbocycles. The van der Waals surface area contributed by atoms with E-state index in [1.807, 2.05) is 13.8 Å². The lowest BCUT2D eigenvalue weighted by Crippen LogP contribution is -2.35. The number of aromatic amines is 1. The van der Waals surface area contributed by atoms with Crippen LogP contribution in [-0.4, -0.2) is 15.6 Å². The van der Waals surface area contributed by atoms with Crippen LogP contribution < -0.4 is 22.3 Å². The Bertz CT molecular complexity index is 548. The number of H-pyrrole nitrogens is 1. The minimum Gasteiger partial charge on any atom is -0.383 e. The lowest BCUT2D eigenvalue weighted by atomic mass is 10.1. The number of aromatic nitrogens is 2. The molecule has 0 amide bonds. The minimum absolute atomic E-state index is 0.150. The van der Waals surface area contributed by atoms with Crippen molar-refractivity contribution in [3.8, 4) is 0 Å². The number of hydrogen-bond donors (Lipinski definition) is 3. The van der Waals surface area contributed by atoms with Gasteiger partial charge in [0, 0.05) is 12.6 Å². The van der Waals surface area contributed by atoms with Crippen molar-refractivity contribution in [2.45, 2.75) is 71.9 Å². The second-order valence-corrected chi connectivity index (χ2v) is 5.57. The van der Waals surface area contributed by atoms with Gasteiger partial charge in [0.1, 0.15) is 11.5 Å². The number of anilines is 2. The zero-order valence-electron chi connectivity index (χ0n) is 13.4. The molecule has 1 heterocycles. The van der Waals surface area contributed by atoms with Crippen molar-refractivity contribution >= 4 is 11.5 Å². The van der Waals surface area contributed by atoms with E-state index in [-0.39, 0.29) is 11.9 Å². The van der Waals surface area contributed by atoms with Crippen LogP contribution in [0.15, 0.2) is 9.59 Å². The van der Waals surface area contributed by atoms with Gasteiger partial charge in [-0.15, -0.1) is 0 Å². The van der Waals surface area contributed by atoms with Crippen molar-refractivity contribution in [1.82, 2.24) is 9.55 Å². The summed E-state index contributed by atoms with van der Waals surface area (Å²) in [5.74, 6) is 0.236. The summed E-state index contributed by atoms with van der Waals surface area (Å²) < 4.78 is 1.44. The van der Waals surface area contributed by atoms with Gasteiger partial charge < -0.3 is 11.1 Å². The van der Waals surface area contributed by atoms with Crippen LogP contribution in [0.1, 0.15) is 59.3 Å². The zero-order chi connectivity index (χ0) is 15.8. The van der Waals surface area contributed by atoms with Gasteiger partial charge in [0.25, 0.3) is 5.56 Å². The maximum atomic E-state index is 11.9. The summed E-state index contributed by atoms with van der Waals surface area (Å²) in [7, 11) is 0. The highest BCUT2D eigenvalue weighted by atomic mass is 16.2. The molecule has 0 saturated heterocycles. The van der Waals surface area contributed by atoms with E-state index in [4.69, 9.17) is 5.73 Å². The van der Waals surface area contributed by atoms with Gasteiger partial charge in [-0.25, -0.2) is 4.79 Å². The standard InChI is InChI=1S/C15H28N4O2/c1-4-6-8-9-11(3)17-12-13(16)19(10-7-5-2)15(21)18-14(12)20/h11,17H,4-10,16H2,1-3H3,(H,18,20,21). The Kier molecular flexibility index (Phi) is 7.05. The molecule has 1 atom stereocenters. The van der Waals surface area contributed by atoms with E-state index >= 15 is 0 Å². The van der Waals surface area contributed by atoms with E-state index in [1.54, 1.807) is 0 Å². The topological polar surface area (TPSA) is 92.9 Å². The zero-order valence-corrected chi connectivity index (χ0v) is 13.4. The molecule has 0 fully saturated rings. The van der Waals surface area contributed by atoms with E-state index < -0.39 is 11.2 Å². The van der Waals surface area contributed by atoms with Crippen molar-refractivity contribution in [3.05, 3.63) is 20.8 Å². The summed E-state index contributed by atoms with van der Waals surface area (Å²) >= 11 is 0. The number of rotatable bonds is 9. The molecule has 0 aliphatic rings. The number of hydrogen-bond acceptors (Lipinski definition) is 4. The molecule has 0 saturated carbocycles. The Labute approximate surface area is 125 Å². The number of unbranched alkanes of at least 4 members (excludes halogenated alkanes) is 3. The van der Waals surface area contributed by atoms with E-state index in [2.05, 4.69) is 17.2 Å². The predicted octanol–water partition coefficient (Wildman–Crippen LogP) is 2.30. The first-order valence-electron chi connectivity index (χ1n) is 7.90. The van der Waals surface area contributed by atoms with E-state index in [1.165, 1.54) is 11.0 Å². The first-order valence-corrected chi connectivity index (χ1v) is 7.90. The molecule has 120 valence electrons. The summed E-state index contributed by atoms with van der Waals surface area (Å²) in [5, 5.41) is 3.15. The lowest BCUT2D eigenvalue weighted by molar-refractivity contribution is 0.598. The van der Waals surface area contributed by atoms with Gasteiger partial charge in [0.15, 0.2) is 0 Å². The predicted molar refractivity (Wildman–Crippen MR) is 87.9 cm³/mol. The largest absolute Gasteiger partial charge is 0.383 e. The Balaban J connectivity index is 2.91. The fourth-order valence-corrected chi connectivity index (χ4v) is 2.28. The summed E-state index contributed by atoms with van der Waals surface area (Å²) in [4.78, 5) is 26.1. The highest BCUT2D eigenvalue weighted by molar-refractivity contribution is 5.60. The van der Waals surface area contributed by atoms with Crippen molar-refractivity contribution < 1.29 is 0 Å². The van der Waals surface area contributed by atoms with Crippen molar-refractivity contribution in [3.63, 3.8) is 0 Å². The fourth-order valence-electron chi connectivity index (χ4n) is 2.28. The van der Waals surface area contributed by atoms with Crippen LogP contribution in [0.5, 0.6) is 0 Å². The maximum absolute atomic E-state index is 11.9. The third-order valence-electron chi connectivity index (χ3n) is 3.61. The molecular formula is C15H28N4O2. The molecule has 0 bridgehead atoms. The van der Waals surface area contributed by atoms with Crippen molar-refractivity contribution in [1.29, 1.82) is 0 Å². The lowest BCUT2D eigenvalue weighted by Gasteiger charge is -2.18. The molecule has 0 spiro atoms. The summed E-state index contributed by atoms with van der Waals surface area (Å²) in [6.45, 7) is 6.75. The van der Waals surface area contributed by atoms with Gasteiger partial charge in [-0.2, -0.15) is 0 Å². The molecule has 6 heteroatoms. The van der Waals surface area contributed by atoms with Crippen molar-refractivity contribution in [2.24, 2.45) is 0 Å². The minimum atomic E-state index is -0.437. The first kappa shape index (κ1) is 17.3. The third kappa shape index (κ3) is 4.95. The average Bonchev–Trinajstić information content (AvgIpc) is 2.43. The van der Waals surface area contributed by atoms with Crippen LogP contribution in [0.3, 0.4) is 0 Å². The molecule has 0 aliphatic heterocycles. The highest BCUT2D eigenvalue weighted by Gasteiger charge is 2.13. The van der Waals surface area contributed by atoms with Gasteiger partial charge in [-0.05, 0) is 19.8 Å². The van der Waals surface area contributed by atoms with Crippen LogP contribution in [-0.2, 0) is 6.54 Å². The number of nitrogens with one attached hydrogen (secondary N) is 2. The molecular weight excluding hydrogens is 268 g/mol. The van der Waals surface area contributed by atoms with Crippen LogP contribution >= 0.6 is 0 Å². The monoisotopic (exact) mass is 296 g/mol. The van der Waals surface area contributed by atoms with E-state index in [9.17, 15) is 9.59 Å². The smallest absolute Gasteiger partial charge is 0.330 e. The Hall–Kier alpha value is -1.72. The number of nitrogens with two attached hydrogens (primary N) is 1. The van der Waals surface area contributed by atoms with Crippen LogP contribution in [0.2, 0.25) is 0 Å². The Morgan fingerprint density at radius 3 is 2.48 bits per heavy atom. The Morgan fingerprint density at radius 1 is 1.19 bits per heavy atom. The third-order valence-corrected chi connectivity index (χ3v) is 3.61. The molecule has 4 N–H and O–H groups in total. The highest BCUT2D eigenvalue weighted by Crippen LogP contribution is 2.14. The second kappa shape index (κ2) is 8.54. The van der Waals surface area contributed by atoms with Gasteiger partial charge in [-0.1, -0.05) is 39.5 Å². The normalized spacial score (nSPS) is 12.3. The fraction of sp³-hybridized carbons (Fsp3) is 0.733. The molecule has 1 rings (SSSR count). The Morgan fingerprint density at radius 2 is 1.86 bits per heavy atom. The molecule has 0 aliphatic carbocycles. The SMILES string of the molecule is CCCCCC(C)Nc1c(N)n(CCCC)c(=O)[nH]c1=O. The van der Waals surface area contributed by atoms with E-state index in [0.29, 0.717) is 12.2 Å². The molecule has 0 radical (unpaired) electrons. The van der Waals surface area contributed by atoms with Crippen LogP contribution in [0, 0.1) is 0 Å². The van der Waals surface area contributed by atoms with Crippen molar-refractivity contribution in [2.75, 3.05) is 11.1 Å². The van der Waals surface area contributed by atoms with Crippen LogP contribution in [0.25, 0.3) is 0 Å². The van der Waals surface area contributed by atoms with E-state index in [0.717, 1.165) is 32.1 Å². The quantitative estimate of drug-likeness (QED) is 0.610. The van der Waals surface area contributed by atoms with Gasteiger partial charge in [-0.3, -0.25) is 14.3 Å². The van der Waals surface area contributed by atoms with Gasteiger partial charge >= 0.3 is 5.69 Å². The van der Waals surface area contributed by atoms with Gasteiger partial charge in [0.05, 0.1) is 0 Å². The molecule has 6 nitrogen and oxygen atoms in total. The molecule has 1 aromatic rings. The molecule has 21 heavy (non-hydrogen) atoms. The second-order valence-electron chi connectivity index (χ2n) is 5.57. The first-order chi connectivity index (χ1) is 10.0. The number of nitrogens with zero attached hydrogens (tertiary/aromatic N) is 1. The summed E-state index contributed by atoms with van der Waals surface area (Å²) in [6.07, 6.45) is 6.23. The van der Waals surface area contributed by atoms with Crippen LogP contribution in [0.4, 0.5) is 11.5 Å². The number of nitrogen functional groups attached to an aromatic ring is 1. The molecule has 1 aromatic heterocycles.